The van der Waals surface area contributed by atoms with Crippen LogP contribution >= 0.6 is 12.4 Å². The molecule has 122 valence electrons. The molecule has 1 fully saturated rings. The Hall–Kier alpha value is -1.59. The highest BCUT2D eigenvalue weighted by Gasteiger charge is 2.31. The summed E-state index contributed by atoms with van der Waals surface area (Å²) < 4.78 is 4.79. The molecule has 3 atom stereocenters. The van der Waals surface area contributed by atoms with Crippen LogP contribution in [0.2, 0.25) is 0 Å². The number of rotatable bonds is 5. The Bertz CT molecular complexity index is 495. The molecule has 0 heterocycles. The molecule has 22 heavy (non-hydrogen) atoms. The summed E-state index contributed by atoms with van der Waals surface area (Å²) in [4.78, 5) is 24.1. The fraction of sp³-hybridized carbons (Fsp3) is 0.500. The summed E-state index contributed by atoms with van der Waals surface area (Å²) in [6.07, 6.45) is 2.76. The van der Waals surface area contributed by atoms with E-state index in [2.05, 4.69) is 5.32 Å². The third kappa shape index (κ3) is 5.00. The Kier molecular flexibility index (Phi) is 7.35. The van der Waals surface area contributed by atoms with Gasteiger partial charge in [0, 0.05) is 18.4 Å². The number of methoxy groups -OCH3 is 1. The van der Waals surface area contributed by atoms with Crippen molar-refractivity contribution in [1.82, 2.24) is 5.32 Å². The maximum absolute atomic E-state index is 12.2. The van der Waals surface area contributed by atoms with Crippen LogP contribution in [-0.2, 0) is 20.7 Å². The lowest BCUT2D eigenvalue weighted by molar-refractivity contribution is -0.145. The Labute approximate surface area is 137 Å². The summed E-state index contributed by atoms with van der Waals surface area (Å²) in [7, 11) is 1.33. The van der Waals surface area contributed by atoms with Gasteiger partial charge in [0.25, 0.3) is 0 Å². The van der Waals surface area contributed by atoms with Gasteiger partial charge in [-0.3, -0.25) is 4.79 Å². The van der Waals surface area contributed by atoms with E-state index in [0.29, 0.717) is 12.8 Å². The first kappa shape index (κ1) is 18.5. The number of halogens is 1. The smallest absolute Gasteiger partial charge is 0.328 e. The molecule has 3 unspecified atom stereocenters. The molecule has 5 nitrogen and oxygen atoms in total. The van der Waals surface area contributed by atoms with Crippen molar-refractivity contribution in [3.8, 4) is 0 Å². The second kappa shape index (κ2) is 8.76. The average molecular weight is 327 g/mol. The number of esters is 1. The van der Waals surface area contributed by atoms with Crippen molar-refractivity contribution in [1.29, 1.82) is 0 Å². The molecule has 3 N–H and O–H groups in total. The molecule has 0 aliphatic heterocycles. The highest BCUT2D eigenvalue weighted by Crippen LogP contribution is 2.24. The van der Waals surface area contributed by atoms with Crippen molar-refractivity contribution in [2.45, 2.75) is 37.8 Å². The van der Waals surface area contributed by atoms with Crippen LogP contribution < -0.4 is 11.1 Å². The van der Waals surface area contributed by atoms with Crippen molar-refractivity contribution in [3.63, 3.8) is 0 Å². The van der Waals surface area contributed by atoms with Crippen LogP contribution in [0.15, 0.2) is 30.3 Å². The Morgan fingerprint density at radius 3 is 2.55 bits per heavy atom. The van der Waals surface area contributed by atoms with E-state index in [1.165, 1.54) is 7.11 Å². The number of nitrogens with one attached hydrogen (secondary N) is 1. The standard InChI is InChI=1S/C16H22N2O3.ClH/c1-21-16(20)14(9-11-5-3-2-4-6-11)18-15(19)12-7-8-13(17)10-12;/h2-6,12-14H,7-10,17H2,1H3,(H,18,19);1H. The summed E-state index contributed by atoms with van der Waals surface area (Å²) in [5, 5.41) is 2.81. The molecule has 2 rings (SSSR count). The molecule has 0 aromatic heterocycles. The zero-order chi connectivity index (χ0) is 15.2. The summed E-state index contributed by atoms with van der Waals surface area (Å²) in [5.74, 6) is -0.619. The van der Waals surface area contributed by atoms with E-state index in [1.807, 2.05) is 30.3 Å². The molecule has 0 spiro atoms. The van der Waals surface area contributed by atoms with Crippen molar-refractivity contribution < 1.29 is 14.3 Å². The van der Waals surface area contributed by atoms with Crippen molar-refractivity contribution >= 4 is 24.3 Å². The summed E-state index contributed by atoms with van der Waals surface area (Å²) in [6, 6.07) is 9.01. The second-order valence-electron chi connectivity index (χ2n) is 5.54. The van der Waals surface area contributed by atoms with E-state index in [4.69, 9.17) is 10.5 Å². The van der Waals surface area contributed by atoms with Gasteiger partial charge in [0.05, 0.1) is 7.11 Å². The van der Waals surface area contributed by atoms with E-state index in [1.54, 1.807) is 0 Å². The normalized spacial score (nSPS) is 21.5. The zero-order valence-electron chi connectivity index (χ0n) is 12.7. The Morgan fingerprint density at radius 2 is 2.00 bits per heavy atom. The van der Waals surface area contributed by atoms with Gasteiger partial charge in [0.15, 0.2) is 0 Å². The van der Waals surface area contributed by atoms with Gasteiger partial charge >= 0.3 is 5.97 Å². The molecular formula is C16H23ClN2O3. The summed E-state index contributed by atoms with van der Waals surface area (Å²) >= 11 is 0. The monoisotopic (exact) mass is 326 g/mol. The highest BCUT2D eigenvalue weighted by molar-refractivity contribution is 5.86. The van der Waals surface area contributed by atoms with Crippen LogP contribution in [0.25, 0.3) is 0 Å². The van der Waals surface area contributed by atoms with Gasteiger partial charge in [-0.1, -0.05) is 30.3 Å². The van der Waals surface area contributed by atoms with Crippen molar-refractivity contribution in [2.24, 2.45) is 11.7 Å². The van der Waals surface area contributed by atoms with Crippen LogP contribution in [-0.4, -0.2) is 31.1 Å². The lowest BCUT2D eigenvalue weighted by atomic mass is 10.0. The van der Waals surface area contributed by atoms with Crippen LogP contribution in [0.5, 0.6) is 0 Å². The number of carbonyl (C=O) groups is 2. The number of hydrogen-bond acceptors (Lipinski definition) is 4. The van der Waals surface area contributed by atoms with E-state index >= 15 is 0 Å². The second-order valence-corrected chi connectivity index (χ2v) is 5.54. The average Bonchev–Trinajstić information content (AvgIpc) is 2.93. The van der Waals surface area contributed by atoms with Crippen LogP contribution in [0.4, 0.5) is 0 Å². The number of amides is 1. The lowest BCUT2D eigenvalue weighted by Crippen LogP contribution is -2.45. The first-order valence-corrected chi connectivity index (χ1v) is 7.28. The predicted octanol–water partition coefficient (Wildman–Crippen LogP) is 1.44. The number of ether oxygens (including phenoxy) is 1. The molecule has 0 radical (unpaired) electrons. The zero-order valence-corrected chi connectivity index (χ0v) is 13.5. The first-order chi connectivity index (χ1) is 10.1. The van der Waals surface area contributed by atoms with Gasteiger partial charge in [-0.2, -0.15) is 0 Å². The van der Waals surface area contributed by atoms with E-state index in [0.717, 1.165) is 18.4 Å². The number of nitrogens with two attached hydrogens (primary N) is 1. The molecule has 1 aromatic rings. The Morgan fingerprint density at radius 1 is 1.32 bits per heavy atom. The Balaban J connectivity index is 0.00000242. The van der Waals surface area contributed by atoms with Crippen LogP contribution in [0.1, 0.15) is 24.8 Å². The highest BCUT2D eigenvalue weighted by atomic mass is 35.5. The summed E-state index contributed by atoms with van der Waals surface area (Å²) in [6.45, 7) is 0. The van der Waals surface area contributed by atoms with E-state index < -0.39 is 12.0 Å². The molecule has 1 aliphatic rings. The number of benzene rings is 1. The maximum atomic E-state index is 12.2. The third-order valence-corrected chi connectivity index (χ3v) is 3.93. The SMILES string of the molecule is COC(=O)C(Cc1ccccc1)NC(=O)C1CCC(N)C1.Cl. The molecule has 1 amide bonds. The minimum absolute atomic E-state index is 0. The van der Waals surface area contributed by atoms with Crippen molar-refractivity contribution in [2.75, 3.05) is 7.11 Å². The van der Waals surface area contributed by atoms with Gasteiger partial charge in [0.1, 0.15) is 6.04 Å². The minimum atomic E-state index is -0.651. The molecule has 0 saturated heterocycles. The first-order valence-electron chi connectivity index (χ1n) is 7.28. The van der Waals surface area contributed by atoms with Gasteiger partial charge in [-0.15, -0.1) is 12.4 Å². The topological polar surface area (TPSA) is 81.4 Å². The van der Waals surface area contributed by atoms with Gasteiger partial charge < -0.3 is 15.8 Å². The fourth-order valence-electron chi connectivity index (χ4n) is 2.73. The van der Waals surface area contributed by atoms with Gasteiger partial charge in [-0.05, 0) is 24.8 Å². The van der Waals surface area contributed by atoms with Crippen LogP contribution in [0, 0.1) is 5.92 Å². The van der Waals surface area contributed by atoms with Gasteiger partial charge in [0.2, 0.25) is 5.91 Å². The van der Waals surface area contributed by atoms with Gasteiger partial charge in [-0.25, -0.2) is 4.79 Å². The molecular weight excluding hydrogens is 304 g/mol. The third-order valence-electron chi connectivity index (χ3n) is 3.93. The molecule has 0 bridgehead atoms. The minimum Gasteiger partial charge on any atom is -0.467 e. The molecule has 6 heteroatoms. The number of hydrogen-bond donors (Lipinski definition) is 2. The quantitative estimate of drug-likeness (QED) is 0.802. The largest absolute Gasteiger partial charge is 0.467 e. The van der Waals surface area contributed by atoms with Crippen LogP contribution in [0.3, 0.4) is 0 Å². The predicted molar refractivity (Wildman–Crippen MR) is 86.7 cm³/mol. The molecule has 1 aliphatic carbocycles. The molecule has 1 aromatic carbocycles. The van der Waals surface area contributed by atoms with E-state index in [9.17, 15) is 9.59 Å². The fourth-order valence-corrected chi connectivity index (χ4v) is 2.73. The van der Waals surface area contributed by atoms with E-state index in [-0.39, 0.29) is 30.3 Å². The molecule has 1 saturated carbocycles. The summed E-state index contributed by atoms with van der Waals surface area (Å²) in [5.41, 5.74) is 6.81. The number of carbonyl (C=O) groups excluding carboxylic acids is 2. The van der Waals surface area contributed by atoms with Crippen molar-refractivity contribution in [3.05, 3.63) is 35.9 Å². The maximum Gasteiger partial charge on any atom is 0.328 e. The lowest BCUT2D eigenvalue weighted by Gasteiger charge is -2.19.